The fraction of sp³-hybridized carbons (Fsp3) is 0. The van der Waals surface area contributed by atoms with Crippen LogP contribution in [-0.4, -0.2) is 0 Å². The van der Waals surface area contributed by atoms with Gasteiger partial charge >= 0.3 is 0 Å². The second-order valence-electron chi connectivity index (χ2n) is 3.79. The van der Waals surface area contributed by atoms with Crippen molar-refractivity contribution in [1.29, 1.82) is 5.26 Å². The van der Waals surface area contributed by atoms with E-state index in [4.69, 9.17) is 5.26 Å². The predicted molar refractivity (Wildman–Crippen MR) is 56.3 cm³/mol. The lowest BCUT2D eigenvalue weighted by atomic mass is 10.0. The third-order valence-electron chi connectivity index (χ3n) is 2.53. The minimum absolute atomic E-state index is 0.316. The fourth-order valence-corrected chi connectivity index (χ4v) is 1.66. The van der Waals surface area contributed by atoms with Crippen molar-refractivity contribution < 1.29 is 26.3 Å². The molecule has 2 aromatic rings. The van der Waals surface area contributed by atoms with E-state index in [0.717, 1.165) is 12.1 Å². The molecule has 0 aromatic heterocycles. The van der Waals surface area contributed by atoms with Gasteiger partial charge in [-0.3, -0.25) is 0 Å². The summed E-state index contributed by atoms with van der Waals surface area (Å²) in [5.74, 6) is -11.8. The summed E-state index contributed by atoms with van der Waals surface area (Å²) < 4.78 is 79.2. The van der Waals surface area contributed by atoms with Crippen molar-refractivity contribution in [1.82, 2.24) is 0 Å². The number of hydrogen-bond acceptors (Lipinski definition) is 1. The molecule has 0 atom stereocenters. The Balaban J connectivity index is 2.84. The van der Waals surface area contributed by atoms with Crippen molar-refractivity contribution in [3.05, 3.63) is 58.7 Å². The zero-order chi connectivity index (χ0) is 15.0. The maximum Gasteiger partial charge on any atom is 0.200 e. The molecule has 0 bridgehead atoms. The van der Waals surface area contributed by atoms with Crippen LogP contribution in [0.3, 0.4) is 0 Å². The predicted octanol–water partition coefficient (Wildman–Crippen LogP) is 4.06. The molecule has 0 saturated heterocycles. The van der Waals surface area contributed by atoms with Crippen molar-refractivity contribution in [2.24, 2.45) is 0 Å². The summed E-state index contributed by atoms with van der Waals surface area (Å²) >= 11 is 0. The Labute approximate surface area is 108 Å². The summed E-state index contributed by atoms with van der Waals surface area (Å²) in [7, 11) is 0. The van der Waals surface area contributed by atoms with E-state index in [-0.39, 0.29) is 5.56 Å². The van der Waals surface area contributed by atoms with E-state index in [0.29, 0.717) is 6.07 Å². The fourth-order valence-electron chi connectivity index (χ4n) is 1.66. The Hall–Kier alpha value is -2.49. The van der Waals surface area contributed by atoms with Crippen LogP contribution in [0.15, 0.2) is 18.2 Å². The Morgan fingerprint density at radius 3 is 1.70 bits per heavy atom. The third kappa shape index (κ3) is 2.09. The van der Waals surface area contributed by atoms with Crippen molar-refractivity contribution in [3.8, 4) is 17.2 Å². The van der Waals surface area contributed by atoms with Crippen LogP contribution in [0.5, 0.6) is 0 Å². The second-order valence-corrected chi connectivity index (χ2v) is 3.79. The maximum absolute atomic E-state index is 13.5. The first-order chi connectivity index (χ1) is 9.36. The highest BCUT2D eigenvalue weighted by atomic mass is 19.2. The minimum atomic E-state index is -2.30. The van der Waals surface area contributed by atoms with Crippen LogP contribution in [0, 0.1) is 46.2 Å². The molecule has 20 heavy (non-hydrogen) atoms. The minimum Gasteiger partial charge on any atom is -0.207 e. The summed E-state index contributed by atoms with van der Waals surface area (Å²) in [6.45, 7) is 0. The van der Waals surface area contributed by atoms with Crippen LogP contribution < -0.4 is 0 Å². The third-order valence-corrected chi connectivity index (χ3v) is 2.53. The van der Waals surface area contributed by atoms with Crippen LogP contribution in [0.1, 0.15) is 5.56 Å². The average Bonchev–Trinajstić information content (AvgIpc) is 2.42. The van der Waals surface area contributed by atoms with Crippen molar-refractivity contribution in [3.63, 3.8) is 0 Å². The Morgan fingerprint density at radius 2 is 1.20 bits per heavy atom. The molecule has 0 spiro atoms. The quantitative estimate of drug-likeness (QED) is 0.441. The summed E-state index contributed by atoms with van der Waals surface area (Å²) in [6.07, 6.45) is 0. The molecule has 102 valence electrons. The van der Waals surface area contributed by atoms with Gasteiger partial charge in [-0.05, 0) is 23.8 Å². The van der Waals surface area contributed by atoms with E-state index in [9.17, 15) is 26.3 Å². The zero-order valence-electron chi connectivity index (χ0n) is 9.45. The molecular formula is C13H3F6N. The molecule has 0 aliphatic rings. The topological polar surface area (TPSA) is 23.8 Å². The Kier molecular flexibility index (Phi) is 3.40. The van der Waals surface area contributed by atoms with Gasteiger partial charge in [-0.1, -0.05) is 0 Å². The van der Waals surface area contributed by atoms with Crippen molar-refractivity contribution in [2.45, 2.75) is 0 Å². The van der Waals surface area contributed by atoms with Gasteiger partial charge in [0, 0.05) is 0 Å². The van der Waals surface area contributed by atoms with E-state index in [1.807, 2.05) is 0 Å². The van der Waals surface area contributed by atoms with Gasteiger partial charge in [0.2, 0.25) is 5.82 Å². The molecule has 2 aromatic carbocycles. The van der Waals surface area contributed by atoms with Crippen LogP contribution in [-0.2, 0) is 0 Å². The van der Waals surface area contributed by atoms with E-state index < -0.39 is 46.0 Å². The summed E-state index contributed by atoms with van der Waals surface area (Å²) in [5, 5.41) is 8.61. The Morgan fingerprint density at radius 1 is 0.700 bits per heavy atom. The molecule has 0 saturated carbocycles. The highest BCUT2D eigenvalue weighted by molar-refractivity contribution is 5.67. The van der Waals surface area contributed by atoms with Gasteiger partial charge in [0.15, 0.2) is 23.3 Å². The van der Waals surface area contributed by atoms with Crippen molar-refractivity contribution >= 4 is 0 Å². The summed E-state index contributed by atoms with van der Waals surface area (Å²) in [4.78, 5) is 0. The second kappa shape index (κ2) is 4.89. The monoisotopic (exact) mass is 287 g/mol. The molecule has 0 aliphatic carbocycles. The number of hydrogen-bond donors (Lipinski definition) is 0. The molecule has 1 nitrogen and oxygen atoms in total. The molecule has 0 amide bonds. The number of rotatable bonds is 1. The van der Waals surface area contributed by atoms with Gasteiger partial charge in [-0.25, -0.2) is 26.3 Å². The van der Waals surface area contributed by atoms with Gasteiger partial charge < -0.3 is 0 Å². The largest absolute Gasteiger partial charge is 0.207 e. The number of nitrogens with zero attached hydrogens (tertiary/aromatic N) is 1. The lowest BCUT2D eigenvalue weighted by Crippen LogP contribution is -2.04. The van der Waals surface area contributed by atoms with E-state index in [2.05, 4.69) is 0 Å². The number of nitriles is 1. The lowest BCUT2D eigenvalue weighted by Gasteiger charge is -2.08. The van der Waals surface area contributed by atoms with Crippen LogP contribution in [0.25, 0.3) is 11.1 Å². The van der Waals surface area contributed by atoms with Gasteiger partial charge in [0.05, 0.1) is 17.2 Å². The van der Waals surface area contributed by atoms with Gasteiger partial charge in [0.1, 0.15) is 5.82 Å². The van der Waals surface area contributed by atoms with E-state index in [1.165, 1.54) is 6.07 Å². The summed E-state index contributed by atoms with van der Waals surface area (Å²) in [6, 6.07) is 3.66. The first-order valence-electron chi connectivity index (χ1n) is 5.09. The van der Waals surface area contributed by atoms with Crippen LogP contribution >= 0.6 is 0 Å². The SMILES string of the molecule is N#Cc1cc(F)cc(-c2c(F)c(F)c(F)c(F)c2F)c1. The molecule has 0 heterocycles. The standard InChI is InChI=1S/C13H3F6N/c14-7-2-5(4-20)1-6(3-7)8-9(15)11(17)13(19)12(18)10(8)16/h1-3H. The van der Waals surface area contributed by atoms with Gasteiger partial charge in [-0.2, -0.15) is 5.26 Å². The lowest BCUT2D eigenvalue weighted by molar-refractivity contribution is 0.381. The van der Waals surface area contributed by atoms with Gasteiger partial charge in [0.25, 0.3) is 0 Å². The highest BCUT2D eigenvalue weighted by Gasteiger charge is 2.26. The first kappa shape index (κ1) is 13.9. The smallest absolute Gasteiger partial charge is 0.200 e. The van der Waals surface area contributed by atoms with Crippen LogP contribution in [0.4, 0.5) is 26.3 Å². The highest BCUT2D eigenvalue weighted by Crippen LogP contribution is 2.32. The van der Waals surface area contributed by atoms with Gasteiger partial charge in [-0.15, -0.1) is 0 Å². The average molecular weight is 287 g/mol. The Bertz CT molecular complexity index is 718. The normalized spacial score (nSPS) is 10.4. The molecule has 7 heteroatoms. The molecule has 0 radical (unpaired) electrons. The number of halogens is 6. The van der Waals surface area contributed by atoms with Crippen LogP contribution in [0.2, 0.25) is 0 Å². The maximum atomic E-state index is 13.5. The van der Waals surface area contributed by atoms with E-state index in [1.54, 1.807) is 0 Å². The molecule has 0 N–H and O–H groups in total. The van der Waals surface area contributed by atoms with Crippen molar-refractivity contribution in [2.75, 3.05) is 0 Å². The molecule has 2 rings (SSSR count). The van der Waals surface area contributed by atoms with E-state index >= 15 is 0 Å². The molecular weight excluding hydrogens is 284 g/mol. The summed E-state index contributed by atoms with van der Waals surface area (Å²) in [5.41, 5.74) is -2.21. The molecule has 0 aliphatic heterocycles. The molecule has 0 fully saturated rings. The zero-order valence-corrected chi connectivity index (χ0v) is 9.45. The number of benzene rings is 2. The first-order valence-corrected chi connectivity index (χ1v) is 5.09. The molecule has 0 unspecified atom stereocenters.